The summed E-state index contributed by atoms with van der Waals surface area (Å²) in [6.07, 6.45) is 5.75. The number of aryl methyl sites for hydroxylation is 1. The Balaban J connectivity index is 1.38. The van der Waals surface area contributed by atoms with Crippen LogP contribution in [0, 0.1) is 0 Å². The molecule has 0 spiro atoms. The van der Waals surface area contributed by atoms with Crippen molar-refractivity contribution in [3.05, 3.63) is 42.5 Å². The van der Waals surface area contributed by atoms with Crippen LogP contribution in [0.1, 0.15) is 24.8 Å². The van der Waals surface area contributed by atoms with Crippen molar-refractivity contribution >= 4 is 24.6 Å². The average molecular weight is 391 g/mol. The molecule has 0 atom stereocenters. The van der Waals surface area contributed by atoms with Gasteiger partial charge in [0, 0.05) is 6.54 Å². The highest BCUT2D eigenvalue weighted by Gasteiger charge is 2.13. The summed E-state index contributed by atoms with van der Waals surface area (Å²) in [5.41, 5.74) is 7.74. The Kier molecular flexibility index (Phi) is 6.05. The van der Waals surface area contributed by atoms with Crippen LogP contribution in [0.2, 0.25) is 0 Å². The number of hydrogen-bond acceptors (Lipinski definition) is 6. The van der Waals surface area contributed by atoms with E-state index in [1.54, 1.807) is 30.6 Å². The van der Waals surface area contributed by atoms with E-state index in [1.807, 2.05) is 4.57 Å². The molecule has 0 bridgehead atoms. The second-order valence-electron chi connectivity index (χ2n) is 6.24. The molecule has 10 heteroatoms. The number of nitrogens with zero attached hydrogens (tertiary/aromatic N) is 4. The lowest BCUT2D eigenvalue weighted by atomic mass is 10.2. The van der Waals surface area contributed by atoms with E-state index >= 15 is 0 Å². The highest BCUT2D eigenvalue weighted by atomic mass is 31.2. The molecule has 4 N–H and O–H groups in total. The molecule has 144 valence electrons. The molecule has 0 aliphatic rings. The Bertz CT molecular complexity index is 938. The van der Waals surface area contributed by atoms with Crippen molar-refractivity contribution in [2.45, 2.75) is 32.0 Å². The minimum absolute atomic E-state index is 0.257. The summed E-state index contributed by atoms with van der Waals surface area (Å²) in [4.78, 5) is 30.3. The van der Waals surface area contributed by atoms with Crippen LogP contribution < -0.4 is 10.5 Å². The van der Waals surface area contributed by atoms with E-state index in [9.17, 15) is 4.57 Å². The zero-order valence-corrected chi connectivity index (χ0v) is 15.6. The van der Waals surface area contributed by atoms with E-state index in [-0.39, 0.29) is 6.16 Å². The summed E-state index contributed by atoms with van der Waals surface area (Å²) < 4.78 is 18.6. The molecule has 0 aliphatic carbocycles. The van der Waals surface area contributed by atoms with Crippen LogP contribution in [0.25, 0.3) is 11.2 Å². The fraction of sp³-hybridized carbons (Fsp3) is 0.353. The molecule has 0 fully saturated rings. The predicted octanol–water partition coefficient (Wildman–Crippen LogP) is 2.34. The average Bonchev–Trinajstić information content (AvgIpc) is 3.03. The maximum Gasteiger partial charge on any atom is 0.329 e. The van der Waals surface area contributed by atoms with E-state index < -0.39 is 7.60 Å². The van der Waals surface area contributed by atoms with Gasteiger partial charge in [0.05, 0.1) is 19.1 Å². The quantitative estimate of drug-likeness (QED) is 0.373. The minimum atomic E-state index is -4.04. The molecule has 0 amide bonds. The predicted molar refractivity (Wildman–Crippen MR) is 101 cm³/mol. The van der Waals surface area contributed by atoms with Crippen LogP contribution in [-0.4, -0.2) is 35.9 Å². The standard InChI is InChI=1S/C17H22N5O4P/c18-16-15-17(20-11-19-16)22(12-21-15)8-2-1-3-9-26-14-6-4-13(5-7-14)10-27(23,24)25/h4-7,11-12H,1-3,8-10H2,(H2,18,19,20)(H2,23,24,25). The van der Waals surface area contributed by atoms with Crippen molar-refractivity contribution in [2.75, 3.05) is 12.3 Å². The van der Waals surface area contributed by atoms with Gasteiger partial charge in [0.15, 0.2) is 11.5 Å². The molecule has 0 aliphatic heterocycles. The summed E-state index contributed by atoms with van der Waals surface area (Å²) >= 11 is 0. The summed E-state index contributed by atoms with van der Waals surface area (Å²) in [7, 11) is -4.04. The molecule has 9 nitrogen and oxygen atoms in total. The van der Waals surface area contributed by atoms with Gasteiger partial charge < -0.3 is 24.8 Å². The van der Waals surface area contributed by atoms with Gasteiger partial charge in [-0.3, -0.25) is 4.57 Å². The van der Waals surface area contributed by atoms with Crippen molar-refractivity contribution in [1.82, 2.24) is 19.5 Å². The molecular formula is C17H22N5O4P. The Morgan fingerprint density at radius 1 is 1.07 bits per heavy atom. The summed E-state index contributed by atoms with van der Waals surface area (Å²) in [6, 6.07) is 6.80. The number of aromatic nitrogens is 4. The van der Waals surface area contributed by atoms with Crippen LogP contribution in [-0.2, 0) is 17.3 Å². The number of fused-ring (bicyclic) bond motifs is 1. The lowest BCUT2D eigenvalue weighted by Gasteiger charge is -2.08. The van der Waals surface area contributed by atoms with E-state index in [1.165, 1.54) is 6.33 Å². The van der Waals surface area contributed by atoms with E-state index in [0.29, 0.717) is 29.3 Å². The molecule has 0 saturated carbocycles. The second-order valence-corrected chi connectivity index (χ2v) is 7.89. The number of unbranched alkanes of at least 4 members (excludes halogenated alkanes) is 2. The van der Waals surface area contributed by atoms with Gasteiger partial charge in [0.2, 0.25) is 0 Å². The molecule has 1 aromatic carbocycles. The molecule has 3 rings (SSSR count). The second kappa shape index (κ2) is 8.47. The summed E-state index contributed by atoms with van der Waals surface area (Å²) in [6.45, 7) is 1.38. The maximum atomic E-state index is 11.0. The minimum Gasteiger partial charge on any atom is -0.494 e. The molecule has 0 saturated heterocycles. The van der Waals surface area contributed by atoms with Crippen LogP contribution >= 0.6 is 7.60 Å². The molecule has 0 unspecified atom stereocenters. The molecule has 27 heavy (non-hydrogen) atoms. The summed E-state index contributed by atoms with van der Waals surface area (Å²) in [5, 5.41) is 0. The Morgan fingerprint density at radius 3 is 2.59 bits per heavy atom. The normalized spacial score (nSPS) is 11.8. The summed E-state index contributed by atoms with van der Waals surface area (Å²) in [5.74, 6) is 1.08. The van der Waals surface area contributed by atoms with E-state index in [2.05, 4.69) is 15.0 Å². The number of anilines is 1. The van der Waals surface area contributed by atoms with Crippen LogP contribution in [0.3, 0.4) is 0 Å². The monoisotopic (exact) mass is 391 g/mol. The smallest absolute Gasteiger partial charge is 0.329 e. The number of hydrogen-bond donors (Lipinski definition) is 3. The third-order valence-corrected chi connectivity index (χ3v) is 4.83. The number of imidazole rings is 1. The van der Waals surface area contributed by atoms with Gasteiger partial charge in [0.1, 0.15) is 17.6 Å². The zero-order chi connectivity index (χ0) is 19.3. The highest BCUT2D eigenvalue weighted by Crippen LogP contribution is 2.39. The first-order chi connectivity index (χ1) is 12.9. The van der Waals surface area contributed by atoms with Crippen molar-refractivity contribution in [1.29, 1.82) is 0 Å². The zero-order valence-electron chi connectivity index (χ0n) is 14.7. The van der Waals surface area contributed by atoms with Crippen molar-refractivity contribution in [3.8, 4) is 5.75 Å². The van der Waals surface area contributed by atoms with Gasteiger partial charge in [0.25, 0.3) is 0 Å². The van der Waals surface area contributed by atoms with Gasteiger partial charge in [-0.05, 0) is 37.0 Å². The van der Waals surface area contributed by atoms with Crippen molar-refractivity contribution in [2.24, 2.45) is 0 Å². The van der Waals surface area contributed by atoms with Crippen LogP contribution in [0.4, 0.5) is 5.82 Å². The van der Waals surface area contributed by atoms with Gasteiger partial charge in [-0.1, -0.05) is 12.1 Å². The van der Waals surface area contributed by atoms with Gasteiger partial charge in [-0.2, -0.15) is 0 Å². The number of rotatable bonds is 9. The Labute approximate surface area is 156 Å². The highest BCUT2D eigenvalue weighted by molar-refractivity contribution is 7.50. The third-order valence-electron chi connectivity index (χ3n) is 4.05. The van der Waals surface area contributed by atoms with Gasteiger partial charge in [-0.25, -0.2) is 15.0 Å². The topological polar surface area (TPSA) is 136 Å². The number of ether oxygens (including phenoxy) is 1. The SMILES string of the molecule is Nc1ncnc2c1ncn2CCCCCOc1ccc(CP(=O)(O)O)cc1. The Morgan fingerprint density at radius 2 is 1.85 bits per heavy atom. The van der Waals surface area contributed by atoms with Gasteiger partial charge >= 0.3 is 7.60 Å². The first kappa shape index (κ1) is 19.3. The van der Waals surface area contributed by atoms with E-state index in [0.717, 1.165) is 31.5 Å². The maximum absolute atomic E-state index is 11.0. The van der Waals surface area contributed by atoms with Gasteiger partial charge in [-0.15, -0.1) is 0 Å². The largest absolute Gasteiger partial charge is 0.494 e. The molecule has 0 radical (unpaired) electrons. The molecule has 2 heterocycles. The Hall–Kier alpha value is -2.48. The van der Waals surface area contributed by atoms with E-state index in [4.69, 9.17) is 20.3 Å². The fourth-order valence-electron chi connectivity index (χ4n) is 2.74. The lowest BCUT2D eigenvalue weighted by molar-refractivity contribution is 0.304. The first-order valence-electron chi connectivity index (χ1n) is 8.60. The van der Waals surface area contributed by atoms with Crippen LogP contribution in [0.5, 0.6) is 5.75 Å². The molecule has 3 aromatic rings. The number of nitrogens with two attached hydrogens (primary N) is 1. The lowest BCUT2D eigenvalue weighted by Crippen LogP contribution is -2.01. The van der Waals surface area contributed by atoms with Crippen molar-refractivity contribution < 1.29 is 19.1 Å². The van der Waals surface area contributed by atoms with Crippen LogP contribution in [0.15, 0.2) is 36.9 Å². The fourth-order valence-corrected chi connectivity index (χ4v) is 3.43. The third kappa shape index (κ3) is 5.50. The van der Waals surface area contributed by atoms with Crippen molar-refractivity contribution in [3.63, 3.8) is 0 Å². The molecule has 2 aromatic heterocycles. The first-order valence-corrected chi connectivity index (χ1v) is 10.4. The number of benzene rings is 1. The number of nitrogen functional groups attached to an aromatic ring is 1. The molecular weight excluding hydrogens is 369 g/mol.